The van der Waals surface area contributed by atoms with E-state index in [9.17, 15) is 4.79 Å². The lowest BCUT2D eigenvalue weighted by molar-refractivity contribution is 0.00622. The van der Waals surface area contributed by atoms with Crippen LogP contribution in [0.3, 0.4) is 0 Å². The minimum Gasteiger partial charge on any atom is -0.455 e. The molecule has 0 aliphatic rings. The van der Waals surface area contributed by atoms with Crippen LogP contribution in [-0.4, -0.2) is 21.5 Å². The molecule has 1 aromatic heterocycles. The molecule has 0 aromatic carbocycles. The number of esters is 1. The molecule has 82 valence electrons. The van der Waals surface area contributed by atoms with Gasteiger partial charge in [-0.15, -0.1) is 0 Å². The van der Waals surface area contributed by atoms with Gasteiger partial charge < -0.3 is 10.5 Å². The highest BCUT2D eigenvalue weighted by Crippen LogP contribution is 2.15. The number of ether oxygens (including phenoxy) is 1. The van der Waals surface area contributed by atoms with Gasteiger partial charge in [0.2, 0.25) is 0 Å². The number of nitrogens with zero attached hydrogens (tertiary/aromatic N) is 2. The molecule has 0 spiro atoms. The Kier molecular flexibility index (Phi) is 3.28. The van der Waals surface area contributed by atoms with E-state index in [0.717, 1.165) is 0 Å². The average Bonchev–Trinajstić information content (AvgIpc) is 2.06. The van der Waals surface area contributed by atoms with Gasteiger partial charge in [0.1, 0.15) is 10.2 Å². The van der Waals surface area contributed by atoms with Crippen LogP contribution >= 0.6 is 15.9 Å². The highest BCUT2D eigenvalue weighted by atomic mass is 79.9. The molecule has 0 unspecified atom stereocenters. The van der Waals surface area contributed by atoms with Crippen molar-refractivity contribution < 1.29 is 9.53 Å². The van der Waals surface area contributed by atoms with Gasteiger partial charge in [0.25, 0.3) is 0 Å². The van der Waals surface area contributed by atoms with E-state index in [-0.39, 0.29) is 11.5 Å². The predicted octanol–water partition coefficient (Wildman–Crippen LogP) is 1.78. The summed E-state index contributed by atoms with van der Waals surface area (Å²) in [4.78, 5) is 19.2. The number of hydrogen-bond acceptors (Lipinski definition) is 5. The van der Waals surface area contributed by atoms with E-state index >= 15 is 0 Å². The van der Waals surface area contributed by atoms with E-state index in [2.05, 4.69) is 25.9 Å². The van der Waals surface area contributed by atoms with Crippen molar-refractivity contribution in [2.75, 3.05) is 5.73 Å². The van der Waals surface area contributed by atoms with Crippen LogP contribution in [-0.2, 0) is 4.74 Å². The fourth-order valence-corrected chi connectivity index (χ4v) is 1.10. The van der Waals surface area contributed by atoms with Gasteiger partial charge in [-0.25, -0.2) is 14.8 Å². The molecule has 0 aliphatic heterocycles. The maximum absolute atomic E-state index is 11.5. The monoisotopic (exact) mass is 273 g/mol. The molecular weight excluding hydrogens is 262 g/mol. The number of carbonyl (C=O) groups is 1. The summed E-state index contributed by atoms with van der Waals surface area (Å²) in [6, 6.07) is 0. The van der Waals surface area contributed by atoms with Crippen LogP contribution < -0.4 is 5.73 Å². The maximum Gasteiger partial charge on any atom is 0.359 e. The Balaban J connectivity index is 2.88. The summed E-state index contributed by atoms with van der Waals surface area (Å²) in [7, 11) is 0. The molecule has 6 heteroatoms. The molecule has 0 fully saturated rings. The van der Waals surface area contributed by atoms with Crippen LogP contribution in [0.4, 0.5) is 5.82 Å². The van der Waals surface area contributed by atoms with Gasteiger partial charge in [-0.05, 0) is 36.7 Å². The van der Waals surface area contributed by atoms with Crippen molar-refractivity contribution in [2.24, 2.45) is 0 Å². The number of nitrogen functional groups attached to an aromatic ring is 1. The lowest BCUT2D eigenvalue weighted by Crippen LogP contribution is -2.24. The molecule has 1 aromatic rings. The van der Waals surface area contributed by atoms with Crippen LogP contribution in [0.25, 0.3) is 0 Å². The third-order valence-corrected chi connectivity index (χ3v) is 1.95. The van der Waals surface area contributed by atoms with Crippen LogP contribution in [0.1, 0.15) is 31.3 Å². The van der Waals surface area contributed by atoms with Crippen LogP contribution in [0.2, 0.25) is 0 Å². The van der Waals surface area contributed by atoms with Gasteiger partial charge in [0.15, 0.2) is 11.5 Å². The van der Waals surface area contributed by atoms with Gasteiger partial charge in [0.05, 0.1) is 6.20 Å². The predicted molar refractivity (Wildman–Crippen MR) is 59.3 cm³/mol. The van der Waals surface area contributed by atoms with Crippen LogP contribution in [0.5, 0.6) is 0 Å². The van der Waals surface area contributed by atoms with Crippen molar-refractivity contribution >= 4 is 27.7 Å². The second kappa shape index (κ2) is 4.14. The van der Waals surface area contributed by atoms with Crippen molar-refractivity contribution in [3.63, 3.8) is 0 Å². The number of halogens is 1. The topological polar surface area (TPSA) is 78.1 Å². The number of hydrogen-bond donors (Lipinski definition) is 1. The summed E-state index contributed by atoms with van der Waals surface area (Å²) >= 11 is 3.09. The number of rotatable bonds is 1. The van der Waals surface area contributed by atoms with Crippen molar-refractivity contribution in [2.45, 2.75) is 26.4 Å². The Morgan fingerprint density at radius 2 is 2.13 bits per heavy atom. The van der Waals surface area contributed by atoms with Crippen LogP contribution in [0.15, 0.2) is 10.8 Å². The van der Waals surface area contributed by atoms with Gasteiger partial charge >= 0.3 is 5.97 Å². The normalized spacial score (nSPS) is 11.2. The fraction of sp³-hybridized carbons (Fsp3) is 0.444. The highest BCUT2D eigenvalue weighted by molar-refractivity contribution is 9.10. The van der Waals surface area contributed by atoms with Crippen molar-refractivity contribution in [1.29, 1.82) is 0 Å². The first-order valence-corrected chi connectivity index (χ1v) is 5.10. The number of aromatic nitrogens is 2. The summed E-state index contributed by atoms with van der Waals surface area (Å²) in [5.41, 5.74) is 5.03. The molecule has 15 heavy (non-hydrogen) atoms. The van der Waals surface area contributed by atoms with Crippen molar-refractivity contribution in [3.8, 4) is 0 Å². The van der Waals surface area contributed by atoms with Gasteiger partial charge in [-0.2, -0.15) is 0 Å². The summed E-state index contributed by atoms with van der Waals surface area (Å²) in [6.07, 6.45) is 1.29. The van der Waals surface area contributed by atoms with Gasteiger partial charge in [-0.1, -0.05) is 0 Å². The lowest BCUT2D eigenvalue weighted by atomic mass is 10.2. The smallest absolute Gasteiger partial charge is 0.359 e. The standard InChI is InChI=1S/C9H12BrN3O2/c1-9(2,3)15-8(14)5-4-12-7(11)6(10)13-5/h4H,1-3H3,(H2,11,12). The zero-order valence-corrected chi connectivity index (χ0v) is 10.3. The first-order valence-electron chi connectivity index (χ1n) is 4.31. The minimum absolute atomic E-state index is 0.131. The minimum atomic E-state index is -0.549. The van der Waals surface area contributed by atoms with Gasteiger partial charge in [-0.3, -0.25) is 0 Å². The number of carbonyl (C=O) groups excluding carboxylic acids is 1. The summed E-state index contributed by atoms with van der Waals surface area (Å²) in [5.74, 6) is -0.280. The zero-order chi connectivity index (χ0) is 11.6. The molecule has 2 N–H and O–H groups in total. The second-order valence-corrected chi connectivity index (χ2v) is 4.68. The molecule has 0 atom stereocenters. The molecule has 0 saturated heterocycles. The molecule has 1 heterocycles. The molecular formula is C9H12BrN3O2. The Morgan fingerprint density at radius 3 is 2.60 bits per heavy atom. The summed E-state index contributed by atoms with van der Waals surface area (Å²) < 4.78 is 5.45. The largest absolute Gasteiger partial charge is 0.455 e. The fourth-order valence-electron chi connectivity index (χ4n) is 0.805. The van der Waals surface area contributed by atoms with E-state index in [1.54, 1.807) is 20.8 Å². The first kappa shape index (κ1) is 11.9. The first-order chi connectivity index (χ1) is 6.79. The zero-order valence-electron chi connectivity index (χ0n) is 8.74. The molecule has 0 saturated carbocycles. The van der Waals surface area contributed by atoms with E-state index in [1.165, 1.54) is 6.20 Å². The van der Waals surface area contributed by atoms with Crippen LogP contribution in [0, 0.1) is 0 Å². The van der Waals surface area contributed by atoms with E-state index in [4.69, 9.17) is 10.5 Å². The molecule has 0 amide bonds. The molecule has 0 radical (unpaired) electrons. The lowest BCUT2D eigenvalue weighted by Gasteiger charge is -2.18. The molecule has 0 aliphatic carbocycles. The third kappa shape index (κ3) is 3.47. The van der Waals surface area contributed by atoms with E-state index in [1.807, 2.05) is 0 Å². The summed E-state index contributed by atoms with van der Waals surface area (Å²) in [6.45, 7) is 5.35. The third-order valence-electron chi connectivity index (χ3n) is 1.36. The summed E-state index contributed by atoms with van der Waals surface area (Å²) in [5, 5.41) is 0. The second-order valence-electron chi connectivity index (χ2n) is 3.93. The Bertz CT molecular complexity index is 387. The van der Waals surface area contributed by atoms with E-state index in [0.29, 0.717) is 4.60 Å². The number of nitrogens with two attached hydrogens (primary N) is 1. The van der Waals surface area contributed by atoms with E-state index < -0.39 is 11.6 Å². The molecule has 0 bridgehead atoms. The maximum atomic E-state index is 11.5. The Labute approximate surface area is 96.2 Å². The number of anilines is 1. The van der Waals surface area contributed by atoms with Gasteiger partial charge in [0, 0.05) is 0 Å². The Hall–Kier alpha value is -1.17. The Morgan fingerprint density at radius 1 is 1.53 bits per heavy atom. The molecule has 5 nitrogen and oxygen atoms in total. The quantitative estimate of drug-likeness (QED) is 0.790. The average molecular weight is 274 g/mol. The highest BCUT2D eigenvalue weighted by Gasteiger charge is 2.19. The molecule has 1 rings (SSSR count). The van der Waals surface area contributed by atoms with Crippen molar-refractivity contribution in [3.05, 3.63) is 16.5 Å². The SMILES string of the molecule is CC(C)(C)OC(=O)c1cnc(N)c(Br)n1. The van der Waals surface area contributed by atoms with Crippen molar-refractivity contribution in [1.82, 2.24) is 9.97 Å².